The number of nitrogens with one attached hydrogen (secondary N) is 2. The second-order valence-corrected chi connectivity index (χ2v) is 5.61. The van der Waals surface area contributed by atoms with E-state index in [4.69, 9.17) is 0 Å². The minimum absolute atomic E-state index is 0.101. The van der Waals surface area contributed by atoms with Crippen molar-refractivity contribution in [1.82, 2.24) is 15.6 Å². The molecule has 4 heteroatoms. The molecule has 1 atom stereocenters. The van der Waals surface area contributed by atoms with Crippen LogP contribution in [-0.4, -0.2) is 24.0 Å². The Bertz CT molecular complexity index is 621. The van der Waals surface area contributed by atoms with Crippen LogP contribution in [0.25, 0.3) is 0 Å². The van der Waals surface area contributed by atoms with E-state index in [1.807, 2.05) is 30.3 Å². The quantitative estimate of drug-likeness (QED) is 0.891. The predicted molar refractivity (Wildman–Crippen MR) is 86.7 cm³/mol. The van der Waals surface area contributed by atoms with Crippen LogP contribution in [0.5, 0.6) is 0 Å². The van der Waals surface area contributed by atoms with Gasteiger partial charge in [-0.15, -0.1) is 0 Å². The van der Waals surface area contributed by atoms with E-state index in [2.05, 4.69) is 27.8 Å². The number of rotatable bonds is 5. The first-order valence-corrected chi connectivity index (χ1v) is 7.84. The first kappa shape index (κ1) is 14.7. The summed E-state index contributed by atoms with van der Waals surface area (Å²) in [4.78, 5) is 16.4. The smallest absolute Gasteiger partial charge is 0.269 e. The molecule has 0 bridgehead atoms. The van der Waals surface area contributed by atoms with Crippen molar-refractivity contribution >= 4 is 5.91 Å². The number of amides is 1. The van der Waals surface area contributed by atoms with Gasteiger partial charge in [-0.1, -0.05) is 30.3 Å². The molecule has 1 amide bonds. The highest BCUT2D eigenvalue weighted by Gasteiger charge is 2.17. The summed E-state index contributed by atoms with van der Waals surface area (Å²) in [5.74, 6) is -0.101. The van der Waals surface area contributed by atoms with Crippen molar-refractivity contribution in [3.63, 3.8) is 0 Å². The average Bonchev–Trinajstić information content (AvgIpc) is 3.10. The number of carbonyl (C=O) groups excluding carboxylic acids is 1. The maximum absolute atomic E-state index is 12.2. The van der Waals surface area contributed by atoms with Gasteiger partial charge in [0.1, 0.15) is 5.69 Å². The molecule has 1 fully saturated rings. The second-order valence-electron chi connectivity index (χ2n) is 5.61. The third-order valence-electron chi connectivity index (χ3n) is 4.02. The molecule has 1 aromatic heterocycles. The maximum Gasteiger partial charge on any atom is 0.269 e. The fourth-order valence-corrected chi connectivity index (χ4v) is 2.81. The number of aromatic nitrogens is 1. The molecule has 2 heterocycles. The zero-order valence-electron chi connectivity index (χ0n) is 12.6. The molecule has 1 aromatic carbocycles. The second kappa shape index (κ2) is 7.18. The van der Waals surface area contributed by atoms with E-state index in [9.17, 15) is 4.79 Å². The van der Waals surface area contributed by atoms with E-state index >= 15 is 0 Å². The molecular formula is C18H21N3O. The lowest BCUT2D eigenvalue weighted by Crippen LogP contribution is -2.27. The van der Waals surface area contributed by atoms with Crippen LogP contribution in [-0.2, 0) is 6.42 Å². The Morgan fingerprint density at radius 1 is 1.27 bits per heavy atom. The van der Waals surface area contributed by atoms with Gasteiger partial charge < -0.3 is 10.6 Å². The van der Waals surface area contributed by atoms with E-state index in [-0.39, 0.29) is 5.91 Å². The lowest BCUT2D eigenvalue weighted by atomic mass is 10.1. The molecule has 4 nitrogen and oxygen atoms in total. The summed E-state index contributed by atoms with van der Waals surface area (Å²) in [5, 5.41) is 6.39. The lowest BCUT2D eigenvalue weighted by molar-refractivity contribution is 0.0949. The summed E-state index contributed by atoms with van der Waals surface area (Å²) in [6, 6.07) is 14.4. The molecule has 1 unspecified atom stereocenters. The minimum atomic E-state index is -0.101. The van der Waals surface area contributed by atoms with Gasteiger partial charge in [-0.05, 0) is 49.1 Å². The van der Waals surface area contributed by atoms with Gasteiger partial charge >= 0.3 is 0 Å². The van der Waals surface area contributed by atoms with Gasteiger partial charge in [-0.25, -0.2) is 0 Å². The Morgan fingerprint density at radius 2 is 2.14 bits per heavy atom. The normalized spacial score (nSPS) is 17.4. The zero-order valence-corrected chi connectivity index (χ0v) is 12.6. The fraction of sp³-hybridized carbons (Fsp3) is 0.333. The fourth-order valence-electron chi connectivity index (χ4n) is 2.81. The SMILES string of the molecule is O=C(NCCc1ccccc1)c1cc(C2CCCN2)ccn1. The van der Waals surface area contributed by atoms with Crippen molar-refractivity contribution in [2.45, 2.75) is 25.3 Å². The standard InChI is InChI=1S/C18H21N3O/c22-18(21-11-8-14-5-2-1-3-6-14)17-13-15(9-12-20-17)16-7-4-10-19-16/h1-3,5-6,9,12-13,16,19H,4,7-8,10-11H2,(H,21,22). The van der Waals surface area contributed by atoms with E-state index in [1.54, 1.807) is 6.20 Å². The molecule has 22 heavy (non-hydrogen) atoms. The van der Waals surface area contributed by atoms with Crippen LogP contribution in [0.1, 0.15) is 40.5 Å². The van der Waals surface area contributed by atoms with Gasteiger partial charge in [-0.3, -0.25) is 9.78 Å². The number of nitrogens with zero attached hydrogens (tertiary/aromatic N) is 1. The van der Waals surface area contributed by atoms with Crippen molar-refractivity contribution in [3.8, 4) is 0 Å². The highest BCUT2D eigenvalue weighted by atomic mass is 16.1. The molecule has 1 aliphatic rings. The van der Waals surface area contributed by atoms with Crippen LogP contribution < -0.4 is 10.6 Å². The number of hydrogen-bond acceptors (Lipinski definition) is 3. The largest absolute Gasteiger partial charge is 0.350 e. The van der Waals surface area contributed by atoms with Crippen LogP contribution in [0.2, 0.25) is 0 Å². The molecule has 2 aromatic rings. The Hall–Kier alpha value is -2.20. The third-order valence-corrected chi connectivity index (χ3v) is 4.02. The average molecular weight is 295 g/mol. The molecule has 3 rings (SSSR count). The molecule has 0 radical (unpaired) electrons. The molecule has 1 saturated heterocycles. The van der Waals surface area contributed by atoms with Crippen molar-refractivity contribution in [3.05, 3.63) is 65.5 Å². The van der Waals surface area contributed by atoms with E-state index in [0.29, 0.717) is 18.3 Å². The van der Waals surface area contributed by atoms with Crippen LogP contribution in [0.3, 0.4) is 0 Å². The van der Waals surface area contributed by atoms with E-state index in [1.165, 1.54) is 12.0 Å². The Morgan fingerprint density at radius 3 is 2.91 bits per heavy atom. The highest BCUT2D eigenvalue weighted by molar-refractivity contribution is 5.92. The summed E-state index contributed by atoms with van der Waals surface area (Å²) in [6.07, 6.45) is 4.86. The van der Waals surface area contributed by atoms with E-state index in [0.717, 1.165) is 24.9 Å². The van der Waals surface area contributed by atoms with Gasteiger partial charge in [0.15, 0.2) is 0 Å². The molecule has 0 spiro atoms. The van der Waals surface area contributed by atoms with Crippen LogP contribution in [0, 0.1) is 0 Å². The van der Waals surface area contributed by atoms with Crippen LogP contribution in [0.15, 0.2) is 48.7 Å². The number of benzene rings is 1. The number of carbonyl (C=O) groups is 1. The molecule has 0 aliphatic carbocycles. The number of pyridine rings is 1. The monoisotopic (exact) mass is 295 g/mol. The van der Waals surface area contributed by atoms with Gasteiger partial charge in [0, 0.05) is 18.8 Å². The predicted octanol–water partition coefficient (Wildman–Crippen LogP) is 2.48. The van der Waals surface area contributed by atoms with Crippen LogP contribution in [0.4, 0.5) is 0 Å². The Balaban J connectivity index is 1.56. The Labute approximate surface area is 131 Å². The topological polar surface area (TPSA) is 54.0 Å². The van der Waals surface area contributed by atoms with Gasteiger partial charge in [0.2, 0.25) is 0 Å². The van der Waals surface area contributed by atoms with Gasteiger partial charge in [0.05, 0.1) is 0 Å². The van der Waals surface area contributed by atoms with Crippen LogP contribution >= 0.6 is 0 Å². The van der Waals surface area contributed by atoms with Crippen molar-refractivity contribution < 1.29 is 4.79 Å². The van der Waals surface area contributed by atoms with Crippen molar-refractivity contribution in [2.24, 2.45) is 0 Å². The Kier molecular flexibility index (Phi) is 4.81. The summed E-state index contributed by atoms with van der Waals surface area (Å²) in [5.41, 5.74) is 2.87. The first-order valence-electron chi connectivity index (χ1n) is 7.84. The molecule has 2 N–H and O–H groups in total. The summed E-state index contributed by atoms with van der Waals surface area (Å²) >= 11 is 0. The maximum atomic E-state index is 12.2. The molecule has 0 saturated carbocycles. The summed E-state index contributed by atoms with van der Waals surface area (Å²) in [6.45, 7) is 1.67. The lowest BCUT2D eigenvalue weighted by Gasteiger charge is -2.11. The van der Waals surface area contributed by atoms with E-state index < -0.39 is 0 Å². The third kappa shape index (κ3) is 3.71. The molecular weight excluding hydrogens is 274 g/mol. The summed E-state index contributed by atoms with van der Waals surface area (Å²) < 4.78 is 0. The number of hydrogen-bond donors (Lipinski definition) is 2. The highest BCUT2D eigenvalue weighted by Crippen LogP contribution is 2.22. The minimum Gasteiger partial charge on any atom is -0.350 e. The zero-order chi connectivity index (χ0) is 15.2. The van der Waals surface area contributed by atoms with Gasteiger partial charge in [0.25, 0.3) is 5.91 Å². The van der Waals surface area contributed by atoms with Gasteiger partial charge in [-0.2, -0.15) is 0 Å². The van der Waals surface area contributed by atoms with Crippen molar-refractivity contribution in [2.75, 3.05) is 13.1 Å². The van der Waals surface area contributed by atoms with Crippen molar-refractivity contribution in [1.29, 1.82) is 0 Å². The molecule has 1 aliphatic heterocycles. The molecule has 114 valence electrons. The first-order chi connectivity index (χ1) is 10.8. The summed E-state index contributed by atoms with van der Waals surface area (Å²) in [7, 11) is 0.